The molecule has 1 unspecified atom stereocenters. The van der Waals surface area contributed by atoms with Gasteiger partial charge in [0.05, 0.1) is 12.6 Å². The van der Waals surface area contributed by atoms with Crippen molar-refractivity contribution in [2.75, 3.05) is 53.4 Å². The van der Waals surface area contributed by atoms with Gasteiger partial charge in [0.15, 0.2) is 5.96 Å². The Hall–Kier alpha value is -1.46. The number of piperazine rings is 1. The number of hydrogen-bond donors (Lipinski definition) is 2. The molecule has 1 aliphatic rings. The van der Waals surface area contributed by atoms with Gasteiger partial charge in [-0.3, -0.25) is 14.7 Å². The second kappa shape index (κ2) is 13.0. The van der Waals surface area contributed by atoms with Crippen molar-refractivity contribution in [3.63, 3.8) is 0 Å². The number of carbonyl (C=O) groups excluding carboxylic acids is 1. The number of rotatable bonds is 7. The van der Waals surface area contributed by atoms with Crippen LogP contribution in [0.15, 0.2) is 29.3 Å². The van der Waals surface area contributed by atoms with Gasteiger partial charge < -0.3 is 20.3 Å². The largest absolute Gasteiger partial charge is 0.375 e. The van der Waals surface area contributed by atoms with Crippen LogP contribution in [0.3, 0.4) is 0 Å². The summed E-state index contributed by atoms with van der Waals surface area (Å²) in [5.74, 6) is 0.603. The number of methoxy groups -OCH3 is 1. The highest BCUT2D eigenvalue weighted by Gasteiger charge is 2.22. The fraction of sp³-hybridized carbons (Fsp3) is 0.600. The van der Waals surface area contributed by atoms with E-state index in [1.54, 1.807) is 26.3 Å². The number of hydrogen-bond acceptors (Lipinski definition) is 4. The third-order valence-electron chi connectivity index (χ3n) is 4.67. The first-order chi connectivity index (χ1) is 13.4. The van der Waals surface area contributed by atoms with E-state index in [4.69, 9.17) is 4.74 Å². The number of benzene rings is 1. The summed E-state index contributed by atoms with van der Waals surface area (Å²) in [6, 6.07) is 6.49. The highest BCUT2D eigenvalue weighted by molar-refractivity contribution is 14.0. The molecule has 1 amide bonds. The van der Waals surface area contributed by atoms with Gasteiger partial charge in [-0.25, -0.2) is 4.39 Å². The Morgan fingerprint density at radius 1 is 1.21 bits per heavy atom. The molecule has 164 valence electrons. The molecule has 1 atom stereocenters. The van der Waals surface area contributed by atoms with E-state index in [1.165, 1.54) is 12.1 Å². The van der Waals surface area contributed by atoms with Gasteiger partial charge in [-0.1, -0.05) is 12.1 Å². The van der Waals surface area contributed by atoms with E-state index in [0.29, 0.717) is 13.1 Å². The van der Waals surface area contributed by atoms with Gasteiger partial charge >= 0.3 is 0 Å². The zero-order chi connectivity index (χ0) is 20.5. The first kappa shape index (κ1) is 25.6. The second-order valence-corrected chi connectivity index (χ2v) is 7.19. The van der Waals surface area contributed by atoms with E-state index in [0.717, 1.165) is 37.7 Å². The molecule has 0 aliphatic carbocycles. The van der Waals surface area contributed by atoms with Gasteiger partial charge in [-0.15, -0.1) is 24.0 Å². The van der Waals surface area contributed by atoms with Crippen LogP contribution >= 0.6 is 24.0 Å². The molecule has 1 saturated heterocycles. The molecular weight excluding hydrogens is 488 g/mol. The van der Waals surface area contributed by atoms with E-state index in [1.807, 2.05) is 13.8 Å². The Kier molecular flexibility index (Phi) is 11.4. The molecule has 1 heterocycles. The lowest BCUT2D eigenvalue weighted by atomic mass is 10.1. The van der Waals surface area contributed by atoms with E-state index >= 15 is 0 Å². The Morgan fingerprint density at radius 2 is 1.83 bits per heavy atom. The van der Waals surface area contributed by atoms with E-state index in [-0.39, 0.29) is 47.8 Å². The van der Waals surface area contributed by atoms with Crippen molar-refractivity contribution >= 4 is 35.8 Å². The smallest absolute Gasteiger partial charge is 0.234 e. The first-order valence-electron chi connectivity index (χ1n) is 9.68. The summed E-state index contributed by atoms with van der Waals surface area (Å²) >= 11 is 0. The molecule has 0 bridgehead atoms. The van der Waals surface area contributed by atoms with Crippen molar-refractivity contribution in [2.24, 2.45) is 4.99 Å². The minimum absolute atomic E-state index is 0. The third kappa shape index (κ3) is 8.43. The number of guanidine groups is 1. The number of nitrogens with zero attached hydrogens (tertiary/aromatic N) is 3. The van der Waals surface area contributed by atoms with Crippen molar-refractivity contribution in [1.82, 2.24) is 20.4 Å². The van der Waals surface area contributed by atoms with Gasteiger partial charge in [0.1, 0.15) is 5.82 Å². The van der Waals surface area contributed by atoms with E-state index < -0.39 is 0 Å². The van der Waals surface area contributed by atoms with Crippen LogP contribution in [0.5, 0.6) is 0 Å². The van der Waals surface area contributed by atoms with Gasteiger partial charge in [0, 0.05) is 52.9 Å². The summed E-state index contributed by atoms with van der Waals surface area (Å²) in [6.07, 6.45) is -0.196. The summed E-state index contributed by atoms with van der Waals surface area (Å²) in [5.41, 5.74) is 0.910. The summed E-state index contributed by atoms with van der Waals surface area (Å²) in [4.78, 5) is 20.6. The lowest BCUT2D eigenvalue weighted by molar-refractivity contribution is -0.123. The van der Waals surface area contributed by atoms with Crippen LogP contribution in [0.2, 0.25) is 0 Å². The van der Waals surface area contributed by atoms with Crippen molar-refractivity contribution in [2.45, 2.75) is 26.0 Å². The van der Waals surface area contributed by atoms with Crippen molar-refractivity contribution < 1.29 is 13.9 Å². The maximum atomic E-state index is 13.1. The minimum atomic E-state index is -0.262. The molecule has 0 saturated carbocycles. The molecule has 1 aliphatic heterocycles. The lowest BCUT2D eigenvalue weighted by Crippen LogP contribution is -2.54. The Morgan fingerprint density at radius 3 is 2.34 bits per heavy atom. The molecule has 0 radical (unpaired) electrons. The maximum absolute atomic E-state index is 13.1. The Labute approximate surface area is 190 Å². The number of ether oxygens (including phenoxy) is 1. The number of halogens is 2. The molecule has 1 fully saturated rings. The predicted molar refractivity (Wildman–Crippen MR) is 124 cm³/mol. The third-order valence-corrected chi connectivity index (χ3v) is 4.67. The molecule has 2 rings (SSSR count). The molecule has 7 nitrogen and oxygen atoms in total. The van der Waals surface area contributed by atoms with Crippen LogP contribution in [0, 0.1) is 5.82 Å². The second-order valence-electron chi connectivity index (χ2n) is 7.19. The topological polar surface area (TPSA) is 69.2 Å². The highest BCUT2D eigenvalue weighted by atomic mass is 127. The summed E-state index contributed by atoms with van der Waals surface area (Å²) in [6.45, 7) is 8.08. The van der Waals surface area contributed by atoms with Gasteiger partial charge in [-0.05, 0) is 31.5 Å². The number of nitrogens with one attached hydrogen (secondary N) is 2. The molecule has 1 aromatic rings. The molecule has 29 heavy (non-hydrogen) atoms. The zero-order valence-corrected chi connectivity index (χ0v) is 20.0. The summed E-state index contributed by atoms with van der Waals surface area (Å²) < 4.78 is 18.7. The van der Waals surface area contributed by atoms with Crippen LogP contribution in [-0.4, -0.2) is 81.1 Å². The molecule has 0 spiro atoms. The molecule has 2 N–H and O–H groups in total. The minimum Gasteiger partial charge on any atom is -0.375 e. The van der Waals surface area contributed by atoms with Crippen molar-refractivity contribution in [1.29, 1.82) is 0 Å². The lowest BCUT2D eigenvalue weighted by Gasteiger charge is -2.36. The Bertz CT molecular complexity index is 649. The molecular formula is C20H33FIN5O2. The average Bonchev–Trinajstić information content (AvgIpc) is 2.66. The maximum Gasteiger partial charge on any atom is 0.234 e. The molecule has 0 aromatic heterocycles. The Balaban J connectivity index is 0.00000420. The quantitative estimate of drug-likeness (QED) is 0.326. The average molecular weight is 521 g/mol. The van der Waals surface area contributed by atoms with E-state index in [2.05, 4.69) is 25.4 Å². The number of amides is 1. The first-order valence-corrected chi connectivity index (χ1v) is 9.68. The van der Waals surface area contributed by atoms with Crippen LogP contribution in [0.1, 0.15) is 25.5 Å². The van der Waals surface area contributed by atoms with Gasteiger partial charge in [0.25, 0.3) is 0 Å². The van der Waals surface area contributed by atoms with Crippen LogP contribution < -0.4 is 10.6 Å². The molecule has 1 aromatic carbocycles. The van der Waals surface area contributed by atoms with Gasteiger partial charge in [-0.2, -0.15) is 0 Å². The highest BCUT2D eigenvalue weighted by Crippen LogP contribution is 2.16. The fourth-order valence-corrected chi connectivity index (χ4v) is 3.22. The van der Waals surface area contributed by atoms with Crippen LogP contribution in [0.4, 0.5) is 4.39 Å². The SMILES string of the molecule is CN=C(NCC(OC)c1ccc(F)cc1)N1CCN(CC(=O)NC(C)C)CC1.I. The van der Waals surface area contributed by atoms with Crippen LogP contribution in [-0.2, 0) is 9.53 Å². The summed E-state index contributed by atoms with van der Waals surface area (Å²) in [5, 5.41) is 6.27. The molecule has 9 heteroatoms. The predicted octanol–water partition coefficient (Wildman–Crippen LogP) is 1.85. The van der Waals surface area contributed by atoms with E-state index in [9.17, 15) is 9.18 Å². The van der Waals surface area contributed by atoms with Crippen molar-refractivity contribution in [3.8, 4) is 0 Å². The van der Waals surface area contributed by atoms with Gasteiger partial charge in [0.2, 0.25) is 5.91 Å². The fourth-order valence-electron chi connectivity index (χ4n) is 3.22. The normalized spacial score (nSPS) is 16.3. The summed E-state index contributed by atoms with van der Waals surface area (Å²) in [7, 11) is 3.39. The monoisotopic (exact) mass is 521 g/mol. The standard InChI is InChI=1S/C20H32FN5O2.HI/c1-15(2)24-19(27)14-25-9-11-26(12-10-25)20(22-3)23-13-18(28-4)16-5-7-17(21)8-6-16;/h5-8,15,18H,9-14H2,1-4H3,(H,22,23)(H,24,27);1H. The zero-order valence-electron chi connectivity index (χ0n) is 17.7. The number of carbonyl (C=O) groups is 1. The van der Waals surface area contributed by atoms with Crippen molar-refractivity contribution in [3.05, 3.63) is 35.6 Å². The van der Waals surface area contributed by atoms with Crippen LogP contribution in [0.25, 0.3) is 0 Å². The number of aliphatic imine (C=N–C) groups is 1.